The van der Waals surface area contributed by atoms with Crippen LogP contribution in [0.15, 0.2) is 24.3 Å². The van der Waals surface area contributed by atoms with Gasteiger partial charge in [-0.15, -0.1) is 11.3 Å². The molecule has 0 spiro atoms. The first-order chi connectivity index (χ1) is 21.2. The standard InChI is InChI=1S/C36H48N4O3S/c1-23-17-24(2)19-26(18-23)33-29(10-12-38-11-9-25(22-38)20-32(41)39-13-15-43-16-14-39)30-21-31(44-34(30)37-33)36(3,4)35(42)40-27-5-6-28(40)8-7-27/h17-19,21,25,27-28,37H,5-16,20,22H2,1-4H3. The molecule has 4 fully saturated rings. The van der Waals surface area contributed by atoms with Crippen molar-refractivity contribution in [3.63, 3.8) is 0 Å². The van der Waals surface area contributed by atoms with Crippen molar-refractivity contribution in [2.75, 3.05) is 45.9 Å². The predicted octanol–water partition coefficient (Wildman–Crippen LogP) is 6.06. The van der Waals surface area contributed by atoms with E-state index in [0.717, 1.165) is 50.4 Å². The van der Waals surface area contributed by atoms with Crippen LogP contribution in [0, 0.1) is 19.8 Å². The van der Waals surface area contributed by atoms with E-state index in [0.29, 0.717) is 43.5 Å². The lowest BCUT2D eigenvalue weighted by atomic mass is 9.88. The van der Waals surface area contributed by atoms with Gasteiger partial charge in [-0.3, -0.25) is 9.59 Å². The van der Waals surface area contributed by atoms with Crippen molar-refractivity contribution < 1.29 is 14.3 Å². The van der Waals surface area contributed by atoms with E-state index in [1.807, 2.05) is 4.90 Å². The number of hydrogen-bond donors (Lipinski definition) is 1. The van der Waals surface area contributed by atoms with Gasteiger partial charge in [0.25, 0.3) is 0 Å². The molecule has 6 heterocycles. The zero-order valence-corrected chi connectivity index (χ0v) is 27.7. The Bertz CT molecular complexity index is 1510. The number of morpholine rings is 1. The fraction of sp³-hybridized carbons (Fsp3) is 0.611. The third-order valence-corrected chi connectivity index (χ3v) is 12.2. The van der Waals surface area contributed by atoms with Crippen LogP contribution in [0.25, 0.3) is 21.5 Å². The number of rotatable bonds is 8. The van der Waals surface area contributed by atoms with Crippen molar-refractivity contribution in [2.45, 2.75) is 90.1 Å². The van der Waals surface area contributed by atoms with Gasteiger partial charge in [-0.25, -0.2) is 0 Å². The Balaban J connectivity index is 1.12. The molecule has 0 radical (unpaired) electrons. The van der Waals surface area contributed by atoms with Crippen molar-refractivity contribution in [3.05, 3.63) is 45.8 Å². The maximum absolute atomic E-state index is 14.0. The molecule has 7 rings (SSSR count). The number of aromatic amines is 1. The van der Waals surface area contributed by atoms with Gasteiger partial charge < -0.3 is 24.4 Å². The number of nitrogens with one attached hydrogen (secondary N) is 1. The highest BCUT2D eigenvalue weighted by Crippen LogP contribution is 2.44. The number of benzene rings is 1. The summed E-state index contributed by atoms with van der Waals surface area (Å²) in [5, 5.41) is 1.27. The van der Waals surface area contributed by atoms with Gasteiger partial charge in [-0.2, -0.15) is 0 Å². The average Bonchev–Trinajstić information content (AvgIpc) is 3.83. The van der Waals surface area contributed by atoms with Gasteiger partial charge >= 0.3 is 0 Å². The highest BCUT2D eigenvalue weighted by atomic mass is 32.1. The number of fused-ring (bicyclic) bond motifs is 3. The van der Waals surface area contributed by atoms with Crippen molar-refractivity contribution in [3.8, 4) is 11.3 Å². The molecule has 0 saturated carbocycles. The van der Waals surface area contributed by atoms with E-state index >= 15 is 0 Å². The van der Waals surface area contributed by atoms with Crippen molar-refractivity contribution in [1.29, 1.82) is 0 Å². The topological polar surface area (TPSA) is 68.9 Å². The number of likely N-dealkylation sites (tertiary alicyclic amines) is 1. The summed E-state index contributed by atoms with van der Waals surface area (Å²) in [5.74, 6) is 1.02. The summed E-state index contributed by atoms with van der Waals surface area (Å²) in [5.41, 5.74) is 5.80. The minimum absolute atomic E-state index is 0.287. The molecule has 2 bridgehead atoms. The van der Waals surface area contributed by atoms with Crippen LogP contribution in [0.5, 0.6) is 0 Å². The van der Waals surface area contributed by atoms with Gasteiger partial charge in [0.05, 0.1) is 24.3 Å². The number of aromatic nitrogens is 1. The molecule has 1 N–H and O–H groups in total. The molecule has 8 heteroatoms. The summed E-state index contributed by atoms with van der Waals surface area (Å²) in [4.78, 5) is 39.8. The second-order valence-corrected chi connectivity index (χ2v) is 15.5. The van der Waals surface area contributed by atoms with Crippen molar-refractivity contribution in [1.82, 2.24) is 19.7 Å². The average molecular weight is 617 g/mol. The summed E-state index contributed by atoms with van der Waals surface area (Å²) in [6, 6.07) is 10.0. The predicted molar refractivity (Wildman–Crippen MR) is 177 cm³/mol. The van der Waals surface area contributed by atoms with E-state index in [1.54, 1.807) is 11.3 Å². The summed E-state index contributed by atoms with van der Waals surface area (Å²) in [6.45, 7) is 14.4. The molecule has 236 valence electrons. The first-order valence-corrected chi connectivity index (χ1v) is 17.6. The molecule has 4 aliphatic heterocycles. The van der Waals surface area contributed by atoms with E-state index in [4.69, 9.17) is 4.74 Å². The van der Waals surface area contributed by atoms with Crippen LogP contribution >= 0.6 is 11.3 Å². The fourth-order valence-corrected chi connectivity index (χ4v) is 9.56. The first kappa shape index (κ1) is 30.0. The Morgan fingerprint density at radius 3 is 2.32 bits per heavy atom. The lowest BCUT2D eigenvalue weighted by Gasteiger charge is -2.31. The van der Waals surface area contributed by atoms with E-state index in [1.165, 1.54) is 63.8 Å². The maximum atomic E-state index is 14.0. The molecular weight excluding hydrogens is 568 g/mol. The maximum Gasteiger partial charge on any atom is 0.233 e. The zero-order chi connectivity index (χ0) is 30.6. The summed E-state index contributed by atoms with van der Waals surface area (Å²) >= 11 is 1.76. The molecule has 3 aromatic rings. The molecule has 4 saturated heterocycles. The van der Waals surface area contributed by atoms with Crippen LogP contribution in [0.2, 0.25) is 0 Å². The third-order valence-electron chi connectivity index (χ3n) is 10.8. The molecule has 1 unspecified atom stereocenters. The normalized spacial score (nSPS) is 24.2. The zero-order valence-electron chi connectivity index (χ0n) is 26.9. The first-order valence-electron chi connectivity index (χ1n) is 16.8. The SMILES string of the molecule is Cc1cc(C)cc(-c2[nH]c3sc(C(C)(C)C(=O)N4C5CCC4CC5)cc3c2CCN2CCC(CC(=O)N3CCOCC3)C2)c1. The fourth-order valence-electron chi connectivity index (χ4n) is 8.38. The van der Waals surface area contributed by atoms with Gasteiger partial charge in [-0.1, -0.05) is 17.2 Å². The molecule has 7 nitrogen and oxygen atoms in total. The van der Waals surface area contributed by atoms with Crippen LogP contribution in [0.1, 0.15) is 73.9 Å². The molecule has 2 aromatic heterocycles. The minimum Gasteiger partial charge on any atom is -0.378 e. The smallest absolute Gasteiger partial charge is 0.233 e. The summed E-state index contributed by atoms with van der Waals surface area (Å²) in [7, 11) is 0. The number of aryl methyl sites for hydroxylation is 2. The number of hydrogen-bond acceptors (Lipinski definition) is 5. The number of carbonyl (C=O) groups is 2. The van der Waals surface area contributed by atoms with Crippen LogP contribution in [0.4, 0.5) is 0 Å². The minimum atomic E-state index is -0.539. The molecule has 2 amide bonds. The van der Waals surface area contributed by atoms with E-state index < -0.39 is 5.41 Å². The van der Waals surface area contributed by atoms with E-state index in [2.05, 4.69) is 66.7 Å². The van der Waals surface area contributed by atoms with E-state index in [9.17, 15) is 9.59 Å². The van der Waals surface area contributed by atoms with Gasteiger partial charge in [0, 0.05) is 54.9 Å². The third kappa shape index (κ3) is 5.62. The summed E-state index contributed by atoms with van der Waals surface area (Å²) < 4.78 is 5.43. The Labute approximate surface area is 265 Å². The Hall–Kier alpha value is -2.68. The molecule has 1 aromatic carbocycles. The number of ether oxygens (including phenoxy) is 1. The Morgan fingerprint density at radius 1 is 0.955 bits per heavy atom. The lowest BCUT2D eigenvalue weighted by molar-refractivity contribution is -0.137. The Morgan fingerprint density at radius 2 is 1.64 bits per heavy atom. The van der Waals surface area contributed by atoms with Gasteiger partial charge in [-0.05, 0) is 108 Å². The number of H-pyrrole nitrogens is 1. The van der Waals surface area contributed by atoms with Gasteiger partial charge in [0.15, 0.2) is 0 Å². The largest absolute Gasteiger partial charge is 0.378 e. The number of carbonyl (C=O) groups excluding carboxylic acids is 2. The Kier molecular flexibility index (Phi) is 8.13. The summed E-state index contributed by atoms with van der Waals surface area (Å²) in [6.07, 6.45) is 7.33. The molecule has 4 aliphatic rings. The van der Waals surface area contributed by atoms with Crippen molar-refractivity contribution in [2.24, 2.45) is 5.92 Å². The van der Waals surface area contributed by atoms with E-state index in [-0.39, 0.29) is 5.91 Å². The molecule has 0 aliphatic carbocycles. The second kappa shape index (κ2) is 11.9. The molecular formula is C36H48N4O3S. The second-order valence-electron chi connectivity index (χ2n) is 14.4. The van der Waals surface area contributed by atoms with Gasteiger partial charge in [0.2, 0.25) is 11.8 Å². The van der Waals surface area contributed by atoms with Crippen LogP contribution in [0.3, 0.4) is 0 Å². The number of nitrogens with zero attached hydrogens (tertiary/aromatic N) is 3. The highest BCUT2D eigenvalue weighted by molar-refractivity contribution is 7.19. The van der Waals surface area contributed by atoms with Crippen LogP contribution < -0.4 is 0 Å². The molecule has 1 atom stereocenters. The van der Waals surface area contributed by atoms with Crippen LogP contribution in [-0.2, 0) is 26.2 Å². The highest BCUT2D eigenvalue weighted by Gasteiger charge is 2.47. The van der Waals surface area contributed by atoms with Crippen LogP contribution in [-0.4, -0.2) is 89.5 Å². The van der Waals surface area contributed by atoms with Gasteiger partial charge in [0.1, 0.15) is 4.83 Å². The molecule has 44 heavy (non-hydrogen) atoms. The lowest BCUT2D eigenvalue weighted by Crippen LogP contribution is -2.45. The van der Waals surface area contributed by atoms with Crippen molar-refractivity contribution >= 4 is 33.4 Å². The number of thiophene rings is 1. The quantitative estimate of drug-likeness (QED) is 0.334. The number of amides is 2. The monoisotopic (exact) mass is 616 g/mol.